The SMILES string of the molecule is CCn1ccc2cccc(-c3nscc3-c3ccc(OC)cc3)c21. The monoisotopic (exact) mass is 334 g/mol. The van der Waals surface area contributed by atoms with Crippen molar-refractivity contribution in [3.63, 3.8) is 0 Å². The van der Waals surface area contributed by atoms with Crippen LogP contribution in [-0.2, 0) is 6.54 Å². The first-order valence-electron chi connectivity index (χ1n) is 7.99. The molecule has 2 aromatic heterocycles. The summed E-state index contributed by atoms with van der Waals surface area (Å²) in [5.74, 6) is 0.866. The maximum absolute atomic E-state index is 5.26. The van der Waals surface area contributed by atoms with Gasteiger partial charge in [0.1, 0.15) is 5.75 Å². The van der Waals surface area contributed by atoms with Crippen molar-refractivity contribution >= 4 is 22.4 Å². The predicted octanol–water partition coefficient (Wildman–Crippen LogP) is 5.46. The lowest BCUT2D eigenvalue weighted by atomic mass is 10.0. The molecule has 0 aliphatic carbocycles. The second-order valence-corrected chi connectivity index (χ2v) is 6.28. The Morgan fingerprint density at radius 2 is 1.88 bits per heavy atom. The number of ether oxygens (including phenoxy) is 1. The highest BCUT2D eigenvalue weighted by atomic mass is 32.1. The fraction of sp³-hybridized carbons (Fsp3) is 0.150. The summed E-state index contributed by atoms with van der Waals surface area (Å²) in [7, 11) is 1.69. The van der Waals surface area contributed by atoms with Crippen LogP contribution in [0.3, 0.4) is 0 Å². The van der Waals surface area contributed by atoms with E-state index in [0.717, 1.165) is 23.6 Å². The molecule has 0 atom stereocenters. The molecule has 0 aliphatic rings. The lowest BCUT2D eigenvalue weighted by Crippen LogP contribution is -1.94. The first kappa shape index (κ1) is 15.0. The molecule has 0 aliphatic heterocycles. The molecule has 4 rings (SSSR count). The molecule has 0 radical (unpaired) electrons. The number of rotatable bonds is 4. The second kappa shape index (κ2) is 6.13. The lowest BCUT2D eigenvalue weighted by Gasteiger charge is -2.09. The smallest absolute Gasteiger partial charge is 0.118 e. The molecule has 3 nitrogen and oxygen atoms in total. The fourth-order valence-electron chi connectivity index (χ4n) is 3.12. The van der Waals surface area contributed by atoms with E-state index < -0.39 is 0 Å². The maximum atomic E-state index is 5.26. The molecule has 0 unspecified atom stereocenters. The second-order valence-electron chi connectivity index (χ2n) is 5.65. The van der Waals surface area contributed by atoms with Crippen molar-refractivity contribution in [1.29, 1.82) is 0 Å². The molecule has 24 heavy (non-hydrogen) atoms. The van der Waals surface area contributed by atoms with Crippen LogP contribution in [0.1, 0.15) is 6.92 Å². The van der Waals surface area contributed by atoms with Crippen LogP contribution >= 0.6 is 11.5 Å². The van der Waals surface area contributed by atoms with Gasteiger partial charge in [0.2, 0.25) is 0 Å². The quantitative estimate of drug-likeness (QED) is 0.495. The summed E-state index contributed by atoms with van der Waals surface area (Å²) in [6, 6.07) is 16.8. The van der Waals surface area contributed by atoms with E-state index in [2.05, 4.69) is 59.5 Å². The highest BCUT2D eigenvalue weighted by Gasteiger charge is 2.15. The van der Waals surface area contributed by atoms with Crippen LogP contribution in [0.4, 0.5) is 0 Å². The minimum atomic E-state index is 0.866. The van der Waals surface area contributed by atoms with Gasteiger partial charge in [-0.2, -0.15) is 4.37 Å². The normalized spacial score (nSPS) is 11.1. The van der Waals surface area contributed by atoms with E-state index in [9.17, 15) is 0 Å². The van der Waals surface area contributed by atoms with Gasteiger partial charge in [0.05, 0.1) is 18.3 Å². The van der Waals surface area contributed by atoms with E-state index in [1.54, 1.807) is 7.11 Å². The molecule has 2 aromatic carbocycles. The average molecular weight is 334 g/mol. The number of para-hydroxylation sites is 1. The lowest BCUT2D eigenvalue weighted by molar-refractivity contribution is 0.415. The van der Waals surface area contributed by atoms with Crippen molar-refractivity contribution in [3.8, 4) is 28.1 Å². The van der Waals surface area contributed by atoms with Gasteiger partial charge in [-0.3, -0.25) is 0 Å². The predicted molar refractivity (Wildman–Crippen MR) is 101 cm³/mol. The number of aromatic nitrogens is 2. The third-order valence-corrected chi connectivity index (χ3v) is 4.98. The first-order chi connectivity index (χ1) is 11.8. The van der Waals surface area contributed by atoms with Gasteiger partial charge in [-0.1, -0.05) is 30.3 Å². The van der Waals surface area contributed by atoms with E-state index in [1.165, 1.54) is 33.6 Å². The molecule has 2 heterocycles. The highest BCUT2D eigenvalue weighted by Crippen LogP contribution is 2.37. The van der Waals surface area contributed by atoms with E-state index in [1.807, 2.05) is 12.1 Å². The Hall–Kier alpha value is -2.59. The van der Waals surface area contributed by atoms with Crippen LogP contribution in [0.2, 0.25) is 0 Å². The van der Waals surface area contributed by atoms with Crippen LogP contribution in [0.25, 0.3) is 33.3 Å². The third-order valence-electron chi connectivity index (χ3n) is 4.35. The third kappa shape index (κ3) is 2.39. The summed E-state index contributed by atoms with van der Waals surface area (Å²) in [5.41, 5.74) is 5.81. The summed E-state index contributed by atoms with van der Waals surface area (Å²) in [6.07, 6.45) is 2.15. The molecule has 4 heteroatoms. The molecule has 0 fully saturated rings. The molecule has 0 saturated carbocycles. The van der Waals surface area contributed by atoms with Crippen molar-refractivity contribution in [2.24, 2.45) is 0 Å². The Labute approximate surface area is 145 Å². The minimum Gasteiger partial charge on any atom is -0.497 e. The Kier molecular flexibility index (Phi) is 3.82. The van der Waals surface area contributed by atoms with Gasteiger partial charge in [-0.15, -0.1) is 0 Å². The number of aryl methyl sites for hydroxylation is 1. The van der Waals surface area contributed by atoms with Gasteiger partial charge in [-0.25, -0.2) is 0 Å². The first-order valence-corrected chi connectivity index (χ1v) is 8.82. The van der Waals surface area contributed by atoms with Gasteiger partial charge in [0.15, 0.2) is 0 Å². The summed E-state index contributed by atoms with van der Waals surface area (Å²) >= 11 is 1.50. The van der Waals surface area contributed by atoms with E-state index in [0.29, 0.717) is 0 Å². The number of fused-ring (bicyclic) bond motifs is 1. The zero-order valence-electron chi connectivity index (χ0n) is 13.7. The topological polar surface area (TPSA) is 27.1 Å². The Morgan fingerprint density at radius 3 is 2.62 bits per heavy atom. The van der Waals surface area contributed by atoms with Gasteiger partial charge in [0, 0.05) is 34.6 Å². The minimum absolute atomic E-state index is 0.866. The zero-order valence-corrected chi connectivity index (χ0v) is 14.5. The van der Waals surface area contributed by atoms with Crippen LogP contribution in [0, 0.1) is 0 Å². The summed E-state index contributed by atoms with van der Waals surface area (Å²) in [4.78, 5) is 0. The number of benzene rings is 2. The number of hydrogen-bond acceptors (Lipinski definition) is 3. The van der Waals surface area contributed by atoms with Crippen LogP contribution in [-0.4, -0.2) is 16.1 Å². The molecular weight excluding hydrogens is 316 g/mol. The summed E-state index contributed by atoms with van der Waals surface area (Å²) in [5, 5.41) is 3.37. The van der Waals surface area contributed by atoms with Crippen LogP contribution < -0.4 is 4.74 Å². The molecule has 0 bridgehead atoms. The largest absolute Gasteiger partial charge is 0.497 e. The van der Waals surface area contributed by atoms with Crippen molar-refractivity contribution < 1.29 is 4.74 Å². The van der Waals surface area contributed by atoms with Gasteiger partial charge in [0.25, 0.3) is 0 Å². The summed E-state index contributed by atoms with van der Waals surface area (Å²) in [6.45, 7) is 3.12. The van der Waals surface area contributed by atoms with E-state index >= 15 is 0 Å². The van der Waals surface area contributed by atoms with Crippen molar-refractivity contribution in [3.05, 3.63) is 60.1 Å². The van der Waals surface area contributed by atoms with E-state index in [-0.39, 0.29) is 0 Å². The molecular formula is C20H18N2OS. The standard InChI is InChI=1S/C20H18N2OS/c1-3-22-12-11-15-5-4-6-17(20(15)22)19-18(13-24-21-19)14-7-9-16(23-2)10-8-14/h4-13H,3H2,1-2H3. The summed E-state index contributed by atoms with van der Waals surface area (Å²) < 4.78 is 12.2. The molecule has 0 spiro atoms. The molecule has 0 N–H and O–H groups in total. The van der Waals surface area contributed by atoms with Gasteiger partial charge >= 0.3 is 0 Å². The van der Waals surface area contributed by atoms with Crippen LogP contribution in [0.5, 0.6) is 5.75 Å². The fourth-order valence-corrected chi connectivity index (χ4v) is 3.83. The molecule has 0 saturated heterocycles. The van der Waals surface area contributed by atoms with Crippen molar-refractivity contribution in [2.75, 3.05) is 7.11 Å². The van der Waals surface area contributed by atoms with E-state index in [4.69, 9.17) is 9.11 Å². The van der Waals surface area contributed by atoms with Gasteiger partial charge in [-0.05, 0) is 42.2 Å². The van der Waals surface area contributed by atoms with Gasteiger partial charge < -0.3 is 9.30 Å². The number of nitrogens with zero attached hydrogens (tertiary/aromatic N) is 2. The molecule has 120 valence electrons. The van der Waals surface area contributed by atoms with Crippen LogP contribution in [0.15, 0.2) is 60.1 Å². The highest BCUT2D eigenvalue weighted by molar-refractivity contribution is 7.04. The zero-order chi connectivity index (χ0) is 16.5. The number of methoxy groups -OCH3 is 1. The molecule has 0 amide bonds. The molecule has 4 aromatic rings. The van der Waals surface area contributed by atoms with Crippen molar-refractivity contribution in [2.45, 2.75) is 13.5 Å². The Balaban J connectivity index is 1.90. The number of hydrogen-bond donors (Lipinski definition) is 0. The van der Waals surface area contributed by atoms with Crippen molar-refractivity contribution in [1.82, 2.24) is 8.94 Å². The maximum Gasteiger partial charge on any atom is 0.118 e. The Morgan fingerprint density at radius 1 is 1.04 bits per heavy atom. The average Bonchev–Trinajstić information content (AvgIpc) is 3.28. The Bertz CT molecular complexity index is 982.